The van der Waals surface area contributed by atoms with Crippen molar-refractivity contribution >= 4 is 25.1 Å². The van der Waals surface area contributed by atoms with E-state index >= 15 is 0 Å². The summed E-state index contributed by atoms with van der Waals surface area (Å²) in [5, 5.41) is 0.544. The van der Waals surface area contributed by atoms with E-state index in [0.29, 0.717) is 10.8 Å². The fourth-order valence-corrected chi connectivity index (χ4v) is 1.01. The van der Waals surface area contributed by atoms with Crippen LogP contribution >= 0.6 is 19.4 Å². The van der Waals surface area contributed by atoms with Gasteiger partial charge in [0, 0.05) is 0 Å². The van der Waals surface area contributed by atoms with Gasteiger partial charge in [-0.1, -0.05) is 11.6 Å². The third-order valence-corrected chi connectivity index (χ3v) is 1.61. The molecule has 7 nitrogen and oxygen atoms in total. The Kier molecular flexibility index (Phi) is 6.35. The van der Waals surface area contributed by atoms with E-state index in [1.165, 1.54) is 0 Å². The van der Waals surface area contributed by atoms with Crippen LogP contribution < -0.4 is 16.0 Å². The van der Waals surface area contributed by atoms with Crippen LogP contribution in [0.5, 0.6) is 5.75 Å². The van der Waals surface area contributed by atoms with Gasteiger partial charge in [0.05, 0.1) is 17.8 Å². The molecule has 0 aliphatic heterocycles. The van der Waals surface area contributed by atoms with Crippen LogP contribution in [0.3, 0.4) is 0 Å². The van der Waals surface area contributed by atoms with E-state index < -0.39 is 7.82 Å². The average Bonchev–Trinajstić information content (AvgIpc) is 2.15. The van der Waals surface area contributed by atoms with Crippen LogP contribution in [-0.2, 0) is 4.57 Å². The van der Waals surface area contributed by atoms with E-state index in [-0.39, 0.29) is 0 Å². The van der Waals surface area contributed by atoms with E-state index in [1.807, 2.05) is 0 Å². The fourth-order valence-electron chi connectivity index (χ4n) is 0.756. The number of halogens is 1. The molecule has 16 heavy (non-hydrogen) atoms. The molecule has 0 radical (unpaired) electrons. The summed E-state index contributed by atoms with van der Waals surface area (Å²) in [6, 6.07) is 5.22. The molecule has 0 aliphatic rings. The number of hydrogen-bond donors (Lipinski definition) is 5. The van der Waals surface area contributed by atoms with Gasteiger partial charge in [-0.05, 0) is 18.2 Å². The lowest BCUT2D eigenvalue weighted by molar-refractivity contribution is 0.275. The van der Waals surface area contributed by atoms with E-state index in [4.69, 9.17) is 41.4 Å². The number of hydrogen-bond acceptors (Lipinski definition) is 4. The van der Waals surface area contributed by atoms with Crippen molar-refractivity contribution in [1.82, 2.24) is 0 Å². The molecule has 0 aromatic heterocycles. The van der Waals surface area contributed by atoms with Crippen molar-refractivity contribution in [2.24, 2.45) is 5.84 Å². The molecular formula is C7H12ClN2O5P. The maximum atomic E-state index is 8.88. The van der Waals surface area contributed by atoms with Crippen molar-refractivity contribution in [3.63, 3.8) is 0 Å². The summed E-state index contributed by atoms with van der Waals surface area (Å²) in [6.07, 6.45) is 0. The summed E-state index contributed by atoms with van der Waals surface area (Å²) in [5.41, 5.74) is 3.24. The number of anilines is 1. The third-order valence-electron chi connectivity index (χ3n) is 1.32. The number of ether oxygens (including phenoxy) is 1. The minimum atomic E-state index is -4.64. The Morgan fingerprint density at radius 1 is 1.44 bits per heavy atom. The summed E-state index contributed by atoms with van der Waals surface area (Å²) in [4.78, 5) is 21.6. The SMILES string of the molecule is COc1ccc(NN)cc1Cl.O=P(O)(O)O. The molecule has 6 N–H and O–H groups in total. The Balaban J connectivity index is 0.000000385. The molecule has 0 aliphatic carbocycles. The first-order chi connectivity index (χ1) is 7.27. The van der Waals surface area contributed by atoms with Gasteiger partial charge >= 0.3 is 7.82 Å². The molecule has 92 valence electrons. The van der Waals surface area contributed by atoms with Gasteiger partial charge in [0.15, 0.2) is 0 Å². The number of phosphoric acid groups is 1. The number of nitrogens with one attached hydrogen (secondary N) is 1. The fraction of sp³-hybridized carbons (Fsp3) is 0.143. The van der Waals surface area contributed by atoms with Crippen molar-refractivity contribution in [2.45, 2.75) is 0 Å². The van der Waals surface area contributed by atoms with Crippen LogP contribution in [0.4, 0.5) is 5.69 Å². The quantitative estimate of drug-likeness (QED) is 0.304. The molecule has 0 amide bonds. The Morgan fingerprint density at radius 2 is 1.94 bits per heavy atom. The smallest absolute Gasteiger partial charge is 0.466 e. The first-order valence-electron chi connectivity index (χ1n) is 3.86. The lowest BCUT2D eigenvalue weighted by Crippen LogP contribution is -2.06. The number of nitrogens with two attached hydrogens (primary N) is 1. The van der Waals surface area contributed by atoms with Gasteiger partial charge in [-0.15, -0.1) is 0 Å². The standard InChI is InChI=1S/C7H9ClN2O.H3O4P/c1-11-7-3-2-5(10-9)4-6(7)8;1-5(2,3)4/h2-4,10H,9H2,1H3;(H3,1,2,3,4). The number of nitrogen functional groups attached to an aromatic ring is 1. The zero-order chi connectivity index (χ0) is 12.8. The first-order valence-corrected chi connectivity index (χ1v) is 5.80. The van der Waals surface area contributed by atoms with Gasteiger partial charge in [0.25, 0.3) is 0 Å². The highest BCUT2D eigenvalue weighted by molar-refractivity contribution is 7.45. The molecular weight excluding hydrogens is 259 g/mol. The molecule has 0 fully saturated rings. The highest BCUT2D eigenvalue weighted by Gasteiger charge is 2.00. The molecule has 0 unspecified atom stereocenters. The van der Waals surface area contributed by atoms with Crippen LogP contribution in [0, 0.1) is 0 Å². The second-order valence-corrected chi connectivity index (χ2v) is 3.94. The lowest BCUT2D eigenvalue weighted by atomic mass is 10.3. The first kappa shape index (κ1) is 15.2. The second-order valence-electron chi connectivity index (χ2n) is 2.51. The van der Waals surface area contributed by atoms with E-state index in [0.717, 1.165) is 5.69 Å². The largest absolute Gasteiger partial charge is 0.495 e. The van der Waals surface area contributed by atoms with Gasteiger partial charge in [0.2, 0.25) is 0 Å². The maximum Gasteiger partial charge on any atom is 0.466 e. The van der Waals surface area contributed by atoms with Crippen molar-refractivity contribution in [3.05, 3.63) is 23.2 Å². The lowest BCUT2D eigenvalue weighted by Gasteiger charge is -2.04. The second kappa shape index (κ2) is 6.70. The van der Waals surface area contributed by atoms with Crippen molar-refractivity contribution in [2.75, 3.05) is 12.5 Å². The van der Waals surface area contributed by atoms with E-state index in [1.54, 1.807) is 25.3 Å². The molecule has 0 spiro atoms. The average molecular weight is 271 g/mol. The van der Waals surface area contributed by atoms with E-state index in [2.05, 4.69) is 5.43 Å². The van der Waals surface area contributed by atoms with Crippen LogP contribution in [-0.4, -0.2) is 21.8 Å². The summed E-state index contributed by atoms with van der Waals surface area (Å²) in [6.45, 7) is 0. The normalized spacial score (nSPS) is 10.1. The third kappa shape index (κ3) is 7.47. The number of rotatable bonds is 2. The number of hydrazine groups is 1. The van der Waals surface area contributed by atoms with Crippen LogP contribution in [0.25, 0.3) is 0 Å². The highest BCUT2D eigenvalue weighted by Crippen LogP contribution is 2.26. The van der Waals surface area contributed by atoms with Gasteiger partial charge in [0.1, 0.15) is 5.75 Å². The molecule has 1 aromatic rings. The highest BCUT2D eigenvalue weighted by atomic mass is 35.5. The van der Waals surface area contributed by atoms with Gasteiger partial charge < -0.3 is 24.8 Å². The molecule has 0 heterocycles. The summed E-state index contributed by atoms with van der Waals surface area (Å²) in [5.74, 6) is 5.80. The van der Waals surface area contributed by atoms with Gasteiger partial charge in [-0.25, -0.2) is 4.57 Å². The molecule has 1 aromatic carbocycles. The molecule has 0 atom stereocenters. The number of benzene rings is 1. The Labute approximate surface area is 97.0 Å². The molecule has 0 saturated carbocycles. The van der Waals surface area contributed by atoms with Gasteiger partial charge in [-0.3, -0.25) is 5.84 Å². The zero-order valence-corrected chi connectivity index (χ0v) is 9.94. The Bertz CT molecular complexity index is 375. The Morgan fingerprint density at radius 3 is 2.25 bits per heavy atom. The Hall–Kier alpha value is -0.820. The minimum Gasteiger partial charge on any atom is -0.495 e. The predicted molar refractivity (Wildman–Crippen MR) is 60.1 cm³/mol. The summed E-state index contributed by atoms with van der Waals surface area (Å²) >= 11 is 5.79. The summed E-state index contributed by atoms with van der Waals surface area (Å²) in [7, 11) is -3.07. The van der Waals surface area contributed by atoms with E-state index in [9.17, 15) is 0 Å². The number of methoxy groups -OCH3 is 1. The molecule has 0 saturated heterocycles. The van der Waals surface area contributed by atoms with Crippen LogP contribution in [0.1, 0.15) is 0 Å². The molecule has 0 bridgehead atoms. The maximum absolute atomic E-state index is 8.88. The van der Waals surface area contributed by atoms with Crippen LogP contribution in [0.15, 0.2) is 18.2 Å². The predicted octanol–water partition coefficient (Wildman–Crippen LogP) is 0.706. The van der Waals surface area contributed by atoms with Crippen molar-refractivity contribution in [1.29, 1.82) is 0 Å². The zero-order valence-electron chi connectivity index (χ0n) is 8.29. The topological polar surface area (TPSA) is 125 Å². The van der Waals surface area contributed by atoms with Crippen LogP contribution in [0.2, 0.25) is 5.02 Å². The minimum absolute atomic E-state index is 0.544. The van der Waals surface area contributed by atoms with Crippen molar-refractivity contribution < 1.29 is 24.0 Å². The van der Waals surface area contributed by atoms with Crippen molar-refractivity contribution in [3.8, 4) is 5.75 Å². The summed E-state index contributed by atoms with van der Waals surface area (Å²) < 4.78 is 13.8. The van der Waals surface area contributed by atoms with Gasteiger partial charge in [-0.2, -0.15) is 0 Å². The molecule has 9 heteroatoms. The monoisotopic (exact) mass is 270 g/mol. The molecule has 1 rings (SSSR count).